The fourth-order valence-corrected chi connectivity index (χ4v) is 3.68. The summed E-state index contributed by atoms with van der Waals surface area (Å²) in [6.45, 7) is 3.98. The molecule has 2 rings (SSSR count). The van der Waals surface area contributed by atoms with Crippen molar-refractivity contribution in [2.45, 2.75) is 63.4 Å². The Hall–Kier alpha value is -2.75. The van der Waals surface area contributed by atoms with E-state index in [1.165, 1.54) is 6.08 Å². The zero-order valence-electron chi connectivity index (χ0n) is 18.7. The molecule has 9 heteroatoms. The standard InChI is InChI=1S/C23H34N4O5/c1-13(2)9-18(25-3)23(32)26-16-11-15(12-19(28)20(16)29)22(31)27-17(21(24)30)10-14-7-5-4-6-8-14/h4-8,11,13,16-20,25,28-29H,9-10,12H2,1-3H3,(H2,24,30)(H,26,32)(H,27,31)/t16-,17-,18+,19-,20-/m1/s1. The Morgan fingerprint density at radius 2 is 1.78 bits per heavy atom. The summed E-state index contributed by atoms with van der Waals surface area (Å²) in [6.07, 6.45) is -0.386. The smallest absolute Gasteiger partial charge is 0.247 e. The monoisotopic (exact) mass is 446 g/mol. The summed E-state index contributed by atoms with van der Waals surface area (Å²) >= 11 is 0. The number of rotatable bonds is 10. The van der Waals surface area contributed by atoms with Gasteiger partial charge in [0.05, 0.1) is 18.2 Å². The zero-order valence-corrected chi connectivity index (χ0v) is 18.7. The first kappa shape index (κ1) is 25.5. The van der Waals surface area contributed by atoms with Crippen molar-refractivity contribution in [2.24, 2.45) is 11.7 Å². The van der Waals surface area contributed by atoms with E-state index in [1.54, 1.807) is 7.05 Å². The number of primary amides is 1. The molecule has 0 saturated carbocycles. The molecule has 1 aliphatic rings. The van der Waals surface area contributed by atoms with Gasteiger partial charge in [0.1, 0.15) is 12.1 Å². The zero-order chi connectivity index (χ0) is 23.8. The highest BCUT2D eigenvalue weighted by Gasteiger charge is 2.35. The lowest BCUT2D eigenvalue weighted by atomic mass is 9.89. The second-order valence-corrected chi connectivity index (χ2v) is 8.58. The largest absolute Gasteiger partial charge is 0.390 e. The molecular weight excluding hydrogens is 412 g/mol. The molecule has 0 fully saturated rings. The van der Waals surface area contributed by atoms with Gasteiger partial charge in [0.15, 0.2) is 0 Å². The molecule has 0 unspecified atom stereocenters. The molecule has 176 valence electrons. The molecule has 0 bridgehead atoms. The van der Waals surface area contributed by atoms with Crippen LogP contribution >= 0.6 is 0 Å². The van der Waals surface area contributed by atoms with Gasteiger partial charge in [-0.3, -0.25) is 14.4 Å². The number of benzene rings is 1. The first-order chi connectivity index (χ1) is 15.1. The molecular formula is C23H34N4O5. The third-order valence-corrected chi connectivity index (χ3v) is 5.48. The summed E-state index contributed by atoms with van der Waals surface area (Å²) < 4.78 is 0. The molecule has 1 aromatic carbocycles. The predicted octanol–water partition coefficient (Wildman–Crippen LogP) is -0.630. The van der Waals surface area contributed by atoms with Crippen LogP contribution in [0.5, 0.6) is 0 Å². The number of hydrogen-bond donors (Lipinski definition) is 6. The van der Waals surface area contributed by atoms with Crippen molar-refractivity contribution in [3.8, 4) is 0 Å². The fourth-order valence-electron chi connectivity index (χ4n) is 3.68. The Labute approximate surface area is 188 Å². The third-order valence-electron chi connectivity index (χ3n) is 5.48. The van der Waals surface area contributed by atoms with Gasteiger partial charge in [-0.15, -0.1) is 0 Å². The van der Waals surface area contributed by atoms with Crippen molar-refractivity contribution in [2.75, 3.05) is 7.05 Å². The third kappa shape index (κ3) is 7.15. The summed E-state index contributed by atoms with van der Waals surface area (Å²) in [4.78, 5) is 37.3. The van der Waals surface area contributed by atoms with Crippen LogP contribution in [0, 0.1) is 5.92 Å². The minimum Gasteiger partial charge on any atom is -0.390 e. The topological polar surface area (TPSA) is 154 Å². The summed E-state index contributed by atoms with van der Waals surface area (Å²) in [6, 6.07) is 6.76. The van der Waals surface area contributed by atoms with Gasteiger partial charge < -0.3 is 31.9 Å². The molecule has 7 N–H and O–H groups in total. The summed E-state index contributed by atoms with van der Waals surface area (Å²) in [5.74, 6) is -1.33. The van der Waals surface area contributed by atoms with Crippen LogP contribution in [0.2, 0.25) is 0 Å². The van der Waals surface area contributed by atoms with E-state index in [0.29, 0.717) is 6.42 Å². The first-order valence-corrected chi connectivity index (χ1v) is 10.8. The molecule has 0 spiro atoms. The fraction of sp³-hybridized carbons (Fsp3) is 0.522. The van der Waals surface area contributed by atoms with Crippen molar-refractivity contribution in [1.82, 2.24) is 16.0 Å². The molecule has 1 aromatic rings. The van der Waals surface area contributed by atoms with Crippen molar-refractivity contribution in [3.63, 3.8) is 0 Å². The molecule has 0 aromatic heterocycles. The maximum atomic E-state index is 12.8. The lowest BCUT2D eigenvalue weighted by Gasteiger charge is -2.32. The number of carbonyl (C=O) groups excluding carboxylic acids is 3. The van der Waals surface area contributed by atoms with Crippen LogP contribution in [0.25, 0.3) is 0 Å². The number of likely N-dealkylation sites (N-methyl/N-ethyl adjacent to an activating group) is 1. The van der Waals surface area contributed by atoms with E-state index in [1.807, 2.05) is 44.2 Å². The van der Waals surface area contributed by atoms with Crippen LogP contribution in [0.15, 0.2) is 42.0 Å². The molecule has 9 nitrogen and oxygen atoms in total. The Morgan fingerprint density at radius 3 is 2.34 bits per heavy atom. The average Bonchev–Trinajstić information content (AvgIpc) is 2.74. The number of nitrogens with one attached hydrogen (secondary N) is 3. The van der Waals surface area contributed by atoms with E-state index in [9.17, 15) is 24.6 Å². The Morgan fingerprint density at radius 1 is 1.12 bits per heavy atom. The van der Waals surface area contributed by atoms with Crippen LogP contribution < -0.4 is 21.7 Å². The van der Waals surface area contributed by atoms with Gasteiger partial charge in [0.2, 0.25) is 17.7 Å². The normalized spacial score (nSPS) is 22.6. The maximum Gasteiger partial charge on any atom is 0.247 e. The van der Waals surface area contributed by atoms with E-state index in [2.05, 4.69) is 16.0 Å². The van der Waals surface area contributed by atoms with Gasteiger partial charge in [-0.2, -0.15) is 0 Å². The SMILES string of the molecule is CN[C@@H](CC(C)C)C(=O)N[C@@H]1C=C(C(=O)N[C@H](Cc2ccccc2)C(N)=O)C[C@@H](O)[C@@H]1O. The molecule has 0 saturated heterocycles. The van der Waals surface area contributed by atoms with Crippen LogP contribution in [0.3, 0.4) is 0 Å². The van der Waals surface area contributed by atoms with Gasteiger partial charge in [-0.1, -0.05) is 50.3 Å². The number of aliphatic hydroxyl groups is 2. The Bertz CT molecular complexity index is 827. The number of aliphatic hydroxyl groups excluding tert-OH is 2. The molecule has 0 heterocycles. The van der Waals surface area contributed by atoms with Crippen molar-refractivity contribution in [1.29, 1.82) is 0 Å². The van der Waals surface area contributed by atoms with Crippen LogP contribution in [-0.2, 0) is 20.8 Å². The second-order valence-electron chi connectivity index (χ2n) is 8.58. The van der Waals surface area contributed by atoms with E-state index >= 15 is 0 Å². The minimum atomic E-state index is -1.26. The van der Waals surface area contributed by atoms with E-state index in [-0.39, 0.29) is 30.2 Å². The van der Waals surface area contributed by atoms with Gasteiger partial charge in [0.25, 0.3) is 0 Å². The van der Waals surface area contributed by atoms with Gasteiger partial charge >= 0.3 is 0 Å². The van der Waals surface area contributed by atoms with Gasteiger partial charge in [0, 0.05) is 18.4 Å². The number of hydrogen-bond acceptors (Lipinski definition) is 6. The molecule has 1 aliphatic carbocycles. The average molecular weight is 447 g/mol. The van der Waals surface area contributed by atoms with Crippen molar-refractivity contribution < 1.29 is 24.6 Å². The van der Waals surface area contributed by atoms with Crippen LogP contribution in [0.4, 0.5) is 0 Å². The lowest BCUT2D eigenvalue weighted by Crippen LogP contribution is -2.55. The Balaban J connectivity index is 2.13. The quantitative estimate of drug-likeness (QED) is 0.281. The van der Waals surface area contributed by atoms with Crippen LogP contribution in [-0.4, -0.2) is 65.3 Å². The first-order valence-electron chi connectivity index (χ1n) is 10.8. The van der Waals surface area contributed by atoms with E-state index in [4.69, 9.17) is 5.73 Å². The number of amides is 3. The summed E-state index contributed by atoms with van der Waals surface area (Å²) in [5, 5.41) is 28.9. The van der Waals surface area contributed by atoms with Crippen molar-refractivity contribution in [3.05, 3.63) is 47.5 Å². The maximum absolute atomic E-state index is 12.8. The van der Waals surface area contributed by atoms with Crippen molar-refractivity contribution >= 4 is 17.7 Å². The Kier molecular flexibility index (Phi) is 9.37. The molecule has 5 atom stereocenters. The van der Waals surface area contributed by atoms with E-state index < -0.39 is 42.1 Å². The van der Waals surface area contributed by atoms with Gasteiger partial charge in [-0.25, -0.2) is 0 Å². The summed E-state index contributed by atoms with van der Waals surface area (Å²) in [7, 11) is 1.67. The second kappa shape index (κ2) is 11.8. The minimum absolute atomic E-state index is 0.113. The predicted molar refractivity (Wildman–Crippen MR) is 120 cm³/mol. The summed E-state index contributed by atoms with van der Waals surface area (Å²) in [5.41, 5.74) is 6.46. The van der Waals surface area contributed by atoms with E-state index in [0.717, 1.165) is 5.56 Å². The highest BCUT2D eigenvalue weighted by atomic mass is 16.3. The highest BCUT2D eigenvalue weighted by Crippen LogP contribution is 2.21. The molecule has 0 radical (unpaired) electrons. The highest BCUT2D eigenvalue weighted by molar-refractivity contribution is 5.97. The molecule has 32 heavy (non-hydrogen) atoms. The lowest BCUT2D eigenvalue weighted by molar-refractivity contribution is -0.126. The van der Waals surface area contributed by atoms with Crippen LogP contribution in [0.1, 0.15) is 32.3 Å². The van der Waals surface area contributed by atoms with Gasteiger partial charge in [-0.05, 0) is 24.9 Å². The number of carbonyl (C=O) groups is 3. The molecule has 3 amide bonds. The number of nitrogens with two attached hydrogens (primary N) is 1. The molecule has 0 aliphatic heterocycles.